The van der Waals surface area contributed by atoms with E-state index >= 15 is 0 Å². The minimum Gasteiger partial charge on any atom is -0.480 e. The van der Waals surface area contributed by atoms with Crippen molar-refractivity contribution in [3.05, 3.63) is 32.7 Å². The number of aryl methyl sites for hydroxylation is 1. The van der Waals surface area contributed by atoms with Gasteiger partial charge >= 0.3 is 5.97 Å². The monoisotopic (exact) mass is 273 g/mol. The molecule has 0 bridgehead atoms. The molecule has 0 saturated heterocycles. The lowest BCUT2D eigenvalue weighted by atomic mass is 10.1. The van der Waals surface area contributed by atoms with Gasteiger partial charge in [-0.2, -0.15) is 0 Å². The van der Waals surface area contributed by atoms with Gasteiger partial charge in [0.05, 0.1) is 4.47 Å². The first-order valence-electron chi connectivity index (χ1n) is 4.39. The second-order valence-electron chi connectivity index (χ2n) is 3.90. The van der Waals surface area contributed by atoms with Crippen LogP contribution in [0.4, 0.5) is 0 Å². The van der Waals surface area contributed by atoms with Gasteiger partial charge in [-0.25, -0.2) is 4.79 Å². The Hall–Kier alpha value is -1.10. The molecular weight excluding hydrogens is 262 g/mol. The van der Waals surface area contributed by atoms with E-state index in [9.17, 15) is 9.59 Å². The summed E-state index contributed by atoms with van der Waals surface area (Å²) in [6.07, 6.45) is 1.54. The zero-order valence-corrected chi connectivity index (χ0v) is 10.3. The quantitative estimate of drug-likeness (QED) is 0.893. The summed E-state index contributed by atoms with van der Waals surface area (Å²) in [6.45, 7) is 4.78. The Labute approximate surface area is 95.7 Å². The molecule has 0 spiro atoms. The maximum atomic E-state index is 11.7. The molecule has 0 amide bonds. The maximum absolute atomic E-state index is 11.7. The second kappa shape index (κ2) is 3.81. The zero-order chi connectivity index (χ0) is 11.8. The van der Waals surface area contributed by atoms with Gasteiger partial charge in [0.25, 0.3) is 5.56 Å². The van der Waals surface area contributed by atoms with E-state index in [1.807, 2.05) is 0 Å². The number of pyridine rings is 1. The number of carboxylic acids is 1. The number of carbonyl (C=O) groups is 1. The van der Waals surface area contributed by atoms with E-state index in [1.165, 1.54) is 18.4 Å². The van der Waals surface area contributed by atoms with Gasteiger partial charge < -0.3 is 5.11 Å². The summed E-state index contributed by atoms with van der Waals surface area (Å²) in [5, 5.41) is 9.03. The van der Waals surface area contributed by atoms with Gasteiger partial charge in [0.15, 0.2) is 0 Å². The topological polar surface area (TPSA) is 59.3 Å². The number of aromatic nitrogens is 1. The largest absolute Gasteiger partial charge is 0.480 e. The number of nitrogens with zero attached hydrogens (tertiary/aromatic N) is 1. The van der Waals surface area contributed by atoms with E-state index in [1.54, 1.807) is 19.2 Å². The normalized spacial score (nSPS) is 11.5. The van der Waals surface area contributed by atoms with Crippen molar-refractivity contribution in [1.29, 1.82) is 0 Å². The van der Waals surface area contributed by atoms with Crippen molar-refractivity contribution in [1.82, 2.24) is 4.57 Å². The predicted molar refractivity (Wildman–Crippen MR) is 60.1 cm³/mol. The van der Waals surface area contributed by atoms with Gasteiger partial charge in [0.1, 0.15) is 5.54 Å². The zero-order valence-electron chi connectivity index (χ0n) is 8.74. The molecule has 0 unspecified atom stereocenters. The van der Waals surface area contributed by atoms with Gasteiger partial charge in [0.2, 0.25) is 0 Å². The van der Waals surface area contributed by atoms with E-state index < -0.39 is 11.5 Å². The van der Waals surface area contributed by atoms with Crippen molar-refractivity contribution in [2.45, 2.75) is 26.3 Å². The van der Waals surface area contributed by atoms with Gasteiger partial charge in [-0.05, 0) is 48.3 Å². The van der Waals surface area contributed by atoms with E-state index in [4.69, 9.17) is 5.11 Å². The summed E-state index contributed by atoms with van der Waals surface area (Å²) in [6, 6.07) is 1.66. The van der Waals surface area contributed by atoms with E-state index in [0.29, 0.717) is 4.47 Å². The van der Waals surface area contributed by atoms with Gasteiger partial charge in [-0.3, -0.25) is 9.36 Å². The lowest BCUT2D eigenvalue weighted by Crippen LogP contribution is -2.42. The van der Waals surface area contributed by atoms with Crippen LogP contribution in [0.3, 0.4) is 0 Å². The molecule has 1 heterocycles. The van der Waals surface area contributed by atoms with Crippen LogP contribution in [0.1, 0.15) is 19.4 Å². The molecule has 0 aliphatic carbocycles. The fourth-order valence-corrected chi connectivity index (χ4v) is 1.75. The Bertz CT molecular complexity index is 462. The summed E-state index contributed by atoms with van der Waals surface area (Å²) in [7, 11) is 0. The number of aliphatic carboxylic acids is 1. The molecule has 1 aromatic heterocycles. The maximum Gasteiger partial charge on any atom is 0.329 e. The molecule has 4 nitrogen and oxygen atoms in total. The van der Waals surface area contributed by atoms with Crippen molar-refractivity contribution in [3.8, 4) is 0 Å². The van der Waals surface area contributed by atoms with Gasteiger partial charge in [0, 0.05) is 6.20 Å². The first kappa shape index (κ1) is 12.0. The Morgan fingerprint density at radius 1 is 1.53 bits per heavy atom. The van der Waals surface area contributed by atoms with Crippen LogP contribution in [0.2, 0.25) is 0 Å². The van der Waals surface area contributed by atoms with Crippen molar-refractivity contribution < 1.29 is 9.90 Å². The molecule has 0 fully saturated rings. The lowest BCUT2D eigenvalue weighted by molar-refractivity contribution is -0.145. The van der Waals surface area contributed by atoms with Crippen molar-refractivity contribution >= 4 is 21.9 Å². The minimum absolute atomic E-state index is 0.340. The molecule has 1 rings (SSSR count). The molecular formula is C10H12BrNO3. The molecule has 82 valence electrons. The highest BCUT2D eigenvalue weighted by Gasteiger charge is 2.30. The number of halogens is 1. The number of hydrogen-bond acceptors (Lipinski definition) is 2. The minimum atomic E-state index is -1.24. The molecule has 1 N–H and O–H groups in total. The average Bonchev–Trinajstić information content (AvgIpc) is 2.10. The molecule has 5 heteroatoms. The van der Waals surface area contributed by atoms with E-state index in [2.05, 4.69) is 15.9 Å². The standard InChI is InChI=1S/C10H12BrNO3/c1-6-4-7(11)8(13)12(5-6)10(2,3)9(14)15/h4-5H,1-3H3,(H,14,15). The molecule has 0 saturated carbocycles. The Morgan fingerprint density at radius 2 is 2.07 bits per heavy atom. The number of rotatable bonds is 2. The van der Waals surface area contributed by atoms with Gasteiger partial charge in [-0.15, -0.1) is 0 Å². The SMILES string of the molecule is Cc1cc(Br)c(=O)n(C(C)(C)C(=O)O)c1. The molecule has 1 aromatic rings. The fourth-order valence-electron chi connectivity index (χ4n) is 1.19. The third-order valence-corrected chi connectivity index (χ3v) is 2.80. The highest BCUT2D eigenvalue weighted by atomic mass is 79.9. The summed E-state index contributed by atoms with van der Waals surface area (Å²) in [5.74, 6) is -1.04. The molecule has 0 atom stereocenters. The summed E-state index contributed by atoms with van der Waals surface area (Å²) in [5.41, 5.74) is -0.755. The summed E-state index contributed by atoms with van der Waals surface area (Å²) in [4.78, 5) is 22.7. The average molecular weight is 274 g/mol. The van der Waals surface area contributed by atoms with Crippen molar-refractivity contribution in [2.75, 3.05) is 0 Å². The number of hydrogen-bond donors (Lipinski definition) is 1. The van der Waals surface area contributed by atoms with Crippen LogP contribution in [0.25, 0.3) is 0 Å². The molecule has 0 aliphatic heterocycles. The van der Waals surface area contributed by atoms with Crippen LogP contribution in [0, 0.1) is 6.92 Å². The first-order valence-corrected chi connectivity index (χ1v) is 5.19. The van der Waals surface area contributed by atoms with E-state index in [-0.39, 0.29) is 5.56 Å². The van der Waals surface area contributed by atoms with Crippen LogP contribution in [-0.4, -0.2) is 15.6 Å². The Kier molecular flexibility index (Phi) is 3.04. The number of carboxylic acid groups (broad SMARTS) is 1. The highest BCUT2D eigenvalue weighted by molar-refractivity contribution is 9.10. The first-order chi connectivity index (χ1) is 6.76. The molecule has 15 heavy (non-hydrogen) atoms. The Balaban J connectivity index is 3.51. The molecule has 0 radical (unpaired) electrons. The van der Waals surface area contributed by atoms with Crippen LogP contribution >= 0.6 is 15.9 Å². The van der Waals surface area contributed by atoms with Crippen molar-refractivity contribution in [2.24, 2.45) is 0 Å². The van der Waals surface area contributed by atoms with Crippen molar-refractivity contribution in [3.63, 3.8) is 0 Å². The fraction of sp³-hybridized carbons (Fsp3) is 0.400. The van der Waals surface area contributed by atoms with Crippen LogP contribution in [0.15, 0.2) is 21.5 Å². The third-order valence-electron chi connectivity index (χ3n) is 2.24. The smallest absolute Gasteiger partial charge is 0.329 e. The van der Waals surface area contributed by atoms with Crippen LogP contribution < -0.4 is 5.56 Å². The predicted octanol–water partition coefficient (Wildman–Crippen LogP) is 1.74. The van der Waals surface area contributed by atoms with Gasteiger partial charge in [-0.1, -0.05) is 0 Å². The lowest BCUT2D eigenvalue weighted by Gasteiger charge is -2.23. The second-order valence-corrected chi connectivity index (χ2v) is 4.76. The third kappa shape index (κ3) is 2.12. The molecule has 0 aromatic carbocycles. The Morgan fingerprint density at radius 3 is 2.53 bits per heavy atom. The summed E-state index contributed by atoms with van der Waals surface area (Å²) >= 11 is 3.11. The molecule has 0 aliphatic rings. The van der Waals surface area contributed by atoms with E-state index in [0.717, 1.165) is 5.56 Å². The highest BCUT2D eigenvalue weighted by Crippen LogP contribution is 2.16. The summed E-state index contributed by atoms with van der Waals surface area (Å²) < 4.78 is 1.59. The van der Waals surface area contributed by atoms with Crippen LogP contribution in [-0.2, 0) is 10.3 Å². The van der Waals surface area contributed by atoms with Crippen LogP contribution in [0.5, 0.6) is 0 Å².